The number of hydrogen-bond acceptors (Lipinski definition) is 4. The lowest BCUT2D eigenvalue weighted by atomic mass is 10.1. The molecule has 1 unspecified atom stereocenters. The molecule has 0 N–H and O–H groups in total. The molecule has 6 heteroatoms. The lowest BCUT2D eigenvalue weighted by Crippen LogP contribution is -2.46. The molecule has 0 aromatic heterocycles. The number of anilines is 1. The Morgan fingerprint density at radius 3 is 2.65 bits per heavy atom. The zero-order chi connectivity index (χ0) is 15.1. The minimum Gasteiger partial charge on any atom is -0.306 e. The molecule has 1 aromatic rings. The molecule has 1 heterocycles. The van der Waals surface area contributed by atoms with Gasteiger partial charge in [0.05, 0.1) is 10.6 Å². The van der Waals surface area contributed by atoms with Gasteiger partial charge < -0.3 is 4.90 Å². The van der Waals surface area contributed by atoms with Crippen molar-refractivity contribution in [1.29, 1.82) is 0 Å². The summed E-state index contributed by atoms with van der Waals surface area (Å²) in [6.07, 6.45) is 1.53. The zero-order valence-corrected chi connectivity index (χ0v) is 12.1. The second-order valence-corrected chi connectivity index (χ2v) is 6.90. The Labute approximate surface area is 117 Å². The second kappa shape index (κ2) is 4.86. The second-order valence-electron chi connectivity index (χ2n) is 4.66. The Kier molecular flexibility index (Phi) is 3.52. The van der Waals surface area contributed by atoms with Crippen molar-refractivity contribution in [1.82, 2.24) is 0 Å². The number of benzene rings is 1. The van der Waals surface area contributed by atoms with E-state index in [2.05, 4.69) is 6.58 Å². The standard InChI is InChI=1S/C14H15NO4S/c1-4-7-15-12-6-5-11(9(2)16)8-13(12)20(18,19)10(3)14(15)17/h4-6,8,10H,1,7H2,2-3H3. The van der Waals surface area contributed by atoms with Gasteiger partial charge >= 0.3 is 0 Å². The van der Waals surface area contributed by atoms with E-state index in [1.165, 1.54) is 43.0 Å². The third-order valence-electron chi connectivity index (χ3n) is 3.35. The molecule has 106 valence electrons. The number of rotatable bonds is 3. The van der Waals surface area contributed by atoms with E-state index in [0.717, 1.165) is 0 Å². The van der Waals surface area contributed by atoms with Crippen molar-refractivity contribution < 1.29 is 18.0 Å². The molecule has 1 aliphatic rings. The largest absolute Gasteiger partial charge is 0.306 e. The molecular formula is C14H15NO4S. The van der Waals surface area contributed by atoms with Crippen LogP contribution >= 0.6 is 0 Å². The Balaban J connectivity index is 2.74. The maximum atomic E-state index is 12.4. The van der Waals surface area contributed by atoms with Crippen LogP contribution in [0.1, 0.15) is 24.2 Å². The van der Waals surface area contributed by atoms with Gasteiger partial charge in [-0.25, -0.2) is 8.42 Å². The van der Waals surface area contributed by atoms with E-state index in [-0.39, 0.29) is 17.2 Å². The van der Waals surface area contributed by atoms with Crippen molar-refractivity contribution in [2.45, 2.75) is 24.0 Å². The summed E-state index contributed by atoms with van der Waals surface area (Å²) in [5.74, 6) is -0.698. The fourth-order valence-electron chi connectivity index (χ4n) is 2.16. The van der Waals surface area contributed by atoms with E-state index in [4.69, 9.17) is 0 Å². The normalized spacial score (nSPS) is 20.4. The summed E-state index contributed by atoms with van der Waals surface area (Å²) < 4.78 is 24.7. The predicted molar refractivity (Wildman–Crippen MR) is 75.6 cm³/mol. The summed E-state index contributed by atoms with van der Waals surface area (Å²) >= 11 is 0. The van der Waals surface area contributed by atoms with Crippen LogP contribution in [-0.2, 0) is 14.6 Å². The molecule has 0 spiro atoms. The number of hydrogen-bond donors (Lipinski definition) is 0. The molecule has 1 atom stereocenters. The number of sulfone groups is 1. The summed E-state index contributed by atoms with van der Waals surface area (Å²) in [5, 5.41) is -1.16. The number of fused-ring (bicyclic) bond motifs is 1. The number of ketones is 1. The smallest absolute Gasteiger partial charge is 0.245 e. The van der Waals surface area contributed by atoms with Crippen LogP contribution in [-0.4, -0.2) is 31.9 Å². The number of amides is 1. The van der Waals surface area contributed by atoms with Crippen LogP contribution in [0.5, 0.6) is 0 Å². The zero-order valence-electron chi connectivity index (χ0n) is 11.3. The number of nitrogens with zero attached hydrogens (tertiary/aromatic N) is 1. The fourth-order valence-corrected chi connectivity index (χ4v) is 3.70. The summed E-state index contributed by atoms with van der Waals surface area (Å²) in [7, 11) is -3.75. The van der Waals surface area contributed by atoms with Gasteiger partial charge in [-0.1, -0.05) is 6.08 Å². The van der Waals surface area contributed by atoms with Crippen LogP contribution in [0.2, 0.25) is 0 Å². The van der Waals surface area contributed by atoms with Gasteiger partial charge in [-0.05, 0) is 32.0 Å². The van der Waals surface area contributed by atoms with Gasteiger partial charge in [0.25, 0.3) is 0 Å². The minimum absolute atomic E-state index is 0.0270. The fraction of sp³-hybridized carbons (Fsp3) is 0.286. The van der Waals surface area contributed by atoms with Crippen molar-refractivity contribution in [2.24, 2.45) is 0 Å². The third-order valence-corrected chi connectivity index (χ3v) is 5.43. The van der Waals surface area contributed by atoms with Gasteiger partial charge in [-0.15, -0.1) is 6.58 Å². The van der Waals surface area contributed by atoms with Gasteiger partial charge in [0, 0.05) is 12.1 Å². The van der Waals surface area contributed by atoms with Crippen LogP contribution in [0.4, 0.5) is 5.69 Å². The molecule has 2 rings (SSSR count). The SMILES string of the molecule is C=CCN1C(=O)C(C)S(=O)(=O)c2cc(C(C)=O)ccc21. The highest BCUT2D eigenvalue weighted by Crippen LogP contribution is 2.35. The van der Waals surface area contributed by atoms with E-state index in [0.29, 0.717) is 11.3 Å². The number of carbonyl (C=O) groups is 2. The molecule has 0 saturated carbocycles. The predicted octanol–water partition coefficient (Wildman–Crippen LogP) is 1.58. The lowest BCUT2D eigenvalue weighted by molar-refractivity contribution is -0.118. The van der Waals surface area contributed by atoms with Crippen LogP contribution in [0.25, 0.3) is 0 Å². The Morgan fingerprint density at radius 1 is 1.45 bits per heavy atom. The summed E-state index contributed by atoms with van der Waals surface area (Å²) in [6, 6.07) is 4.36. The van der Waals surface area contributed by atoms with E-state index in [1.807, 2.05) is 0 Å². The van der Waals surface area contributed by atoms with Crippen molar-refractivity contribution in [3.8, 4) is 0 Å². The highest BCUT2D eigenvalue weighted by atomic mass is 32.2. The molecular weight excluding hydrogens is 278 g/mol. The summed E-state index contributed by atoms with van der Waals surface area (Å²) in [6.45, 7) is 6.53. The van der Waals surface area contributed by atoms with E-state index in [1.54, 1.807) is 0 Å². The van der Waals surface area contributed by atoms with Crippen molar-refractivity contribution >= 4 is 27.2 Å². The highest BCUT2D eigenvalue weighted by molar-refractivity contribution is 7.93. The van der Waals surface area contributed by atoms with E-state index in [9.17, 15) is 18.0 Å². The first kappa shape index (κ1) is 14.5. The first-order chi connectivity index (χ1) is 9.30. The molecule has 20 heavy (non-hydrogen) atoms. The molecule has 1 amide bonds. The quantitative estimate of drug-likeness (QED) is 0.626. The van der Waals surface area contributed by atoms with Gasteiger partial charge in [0.1, 0.15) is 5.25 Å². The Hall–Kier alpha value is -1.95. The van der Waals surface area contributed by atoms with Crippen molar-refractivity contribution in [3.63, 3.8) is 0 Å². The maximum Gasteiger partial charge on any atom is 0.245 e. The summed E-state index contributed by atoms with van der Waals surface area (Å²) in [4.78, 5) is 24.9. The molecule has 1 aromatic carbocycles. The molecule has 0 saturated heterocycles. The minimum atomic E-state index is -3.75. The van der Waals surface area contributed by atoms with Crippen LogP contribution < -0.4 is 4.90 Å². The highest BCUT2D eigenvalue weighted by Gasteiger charge is 2.41. The molecule has 1 aliphatic heterocycles. The van der Waals surface area contributed by atoms with E-state index >= 15 is 0 Å². The van der Waals surface area contributed by atoms with Gasteiger partial charge in [-0.3, -0.25) is 9.59 Å². The Morgan fingerprint density at radius 2 is 2.10 bits per heavy atom. The van der Waals surface area contributed by atoms with Gasteiger partial charge in [0.15, 0.2) is 15.6 Å². The molecule has 5 nitrogen and oxygen atoms in total. The number of carbonyl (C=O) groups excluding carboxylic acids is 2. The molecule has 0 aliphatic carbocycles. The first-order valence-electron chi connectivity index (χ1n) is 6.12. The van der Waals surface area contributed by atoms with Crippen molar-refractivity contribution in [2.75, 3.05) is 11.4 Å². The number of Topliss-reactive ketones (excluding diaryl/α,β-unsaturated/α-hetero) is 1. The monoisotopic (exact) mass is 293 g/mol. The van der Waals surface area contributed by atoms with Crippen LogP contribution in [0.15, 0.2) is 35.7 Å². The molecule has 0 bridgehead atoms. The summed E-state index contributed by atoms with van der Waals surface area (Å²) in [5.41, 5.74) is 0.616. The van der Waals surface area contributed by atoms with Crippen molar-refractivity contribution in [3.05, 3.63) is 36.4 Å². The molecule has 0 radical (unpaired) electrons. The van der Waals surface area contributed by atoms with E-state index < -0.39 is 21.0 Å². The van der Waals surface area contributed by atoms with Crippen LogP contribution in [0, 0.1) is 0 Å². The third kappa shape index (κ3) is 2.06. The maximum absolute atomic E-state index is 12.4. The topological polar surface area (TPSA) is 71.5 Å². The first-order valence-corrected chi connectivity index (χ1v) is 7.66. The molecule has 0 fully saturated rings. The lowest BCUT2D eigenvalue weighted by Gasteiger charge is -2.32. The van der Waals surface area contributed by atoms with Gasteiger partial charge in [-0.2, -0.15) is 0 Å². The van der Waals surface area contributed by atoms with Gasteiger partial charge in [0.2, 0.25) is 5.91 Å². The van der Waals surface area contributed by atoms with Crippen LogP contribution in [0.3, 0.4) is 0 Å². The Bertz CT molecular complexity index is 706. The average molecular weight is 293 g/mol. The average Bonchev–Trinajstić information content (AvgIpc) is 2.41.